The van der Waals surface area contributed by atoms with Crippen molar-refractivity contribution >= 4 is 0 Å². The third-order valence-corrected chi connectivity index (χ3v) is 2.67. The molecule has 0 amide bonds. The van der Waals surface area contributed by atoms with E-state index in [1.54, 1.807) is 12.1 Å². The summed E-state index contributed by atoms with van der Waals surface area (Å²) in [6.45, 7) is 4.32. The molecule has 0 aliphatic carbocycles. The molecular weight excluding hydrogens is 188 g/mol. The monoisotopic (exact) mass is 208 g/mol. The first-order valence-corrected chi connectivity index (χ1v) is 5.70. The van der Waals surface area contributed by atoms with Crippen LogP contribution in [-0.2, 0) is 0 Å². The lowest BCUT2D eigenvalue weighted by Gasteiger charge is -2.16. The Balaban J connectivity index is 2.88. The molecule has 0 aliphatic rings. The summed E-state index contributed by atoms with van der Waals surface area (Å²) < 4.78 is 0. The zero-order valence-corrected chi connectivity index (χ0v) is 9.53. The van der Waals surface area contributed by atoms with Crippen molar-refractivity contribution in [2.24, 2.45) is 0 Å². The van der Waals surface area contributed by atoms with Crippen LogP contribution < -0.4 is 0 Å². The average Bonchev–Trinajstić information content (AvgIpc) is 2.16. The van der Waals surface area contributed by atoms with Crippen molar-refractivity contribution < 1.29 is 10.2 Å². The first kappa shape index (κ1) is 11.9. The molecule has 1 aromatic rings. The van der Waals surface area contributed by atoms with Crippen LogP contribution in [0.2, 0.25) is 0 Å². The highest BCUT2D eigenvalue weighted by Gasteiger charge is 2.11. The Labute approximate surface area is 91.6 Å². The molecule has 15 heavy (non-hydrogen) atoms. The molecule has 0 radical (unpaired) electrons. The Morgan fingerprint density at radius 1 is 0.933 bits per heavy atom. The van der Waals surface area contributed by atoms with Crippen molar-refractivity contribution in [2.75, 3.05) is 0 Å². The molecule has 0 saturated heterocycles. The molecule has 0 bridgehead atoms. The van der Waals surface area contributed by atoms with Gasteiger partial charge in [0.25, 0.3) is 0 Å². The highest BCUT2D eigenvalue weighted by atomic mass is 16.3. The van der Waals surface area contributed by atoms with Gasteiger partial charge < -0.3 is 10.2 Å². The topological polar surface area (TPSA) is 40.5 Å². The predicted octanol–water partition coefficient (Wildman–Crippen LogP) is 3.78. The van der Waals surface area contributed by atoms with Gasteiger partial charge in [0.05, 0.1) is 0 Å². The Bertz CT molecular complexity index is 281. The third-order valence-electron chi connectivity index (χ3n) is 2.67. The minimum Gasteiger partial charge on any atom is -0.508 e. The van der Waals surface area contributed by atoms with Gasteiger partial charge in [-0.15, -0.1) is 0 Å². The van der Waals surface area contributed by atoms with Crippen LogP contribution >= 0.6 is 0 Å². The quantitative estimate of drug-likeness (QED) is 0.773. The van der Waals surface area contributed by atoms with Crippen molar-refractivity contribution in [3.63, 3.8) is 0 Å². The fourth-order valence-corrected chi connectivity index (χ4v) is 2.03. The van der Waals surface area contributed by atoms with E-state index < -0.39 is 0 Å². The number of aromatic hydroxyl groups is 2. The molecule has 2 heteroatoms. The summed E-state index contributed by atoms with van der Waals surface area (Å²) in [5.74, 6) is 0.766. The van der Waals surface area contributed by atoms with E-state index in [-0.39, 0.29) is 11.5 Å². The van der Waals surface area contributed by atoms with Gasteiger partial charge in [0, 0.05) is 6.07 Å². The van der Waals surface area contributed by atoms with Gasteiger partial charge in [0.15, 0.2) is 0 Å². The average molecular weight is 208 g/mol. The van der Waals surface area contributed by atoms with Gasteiger partial charge in [-0.3, -0.25) is 0 Å². The molecule has 1 aromatic carbocycles. The molecule has 0 heterocycles. The molecule has 0 fully saturated rings. The highest BCUT2D eigenvalue weighted by molar-refractivity contribution is 5.38. The summed E-state index contributed by atoms with van der Waals surface area (Å²) in [7, 11) is 0. The lowest BCUT2D eigenvalue weighted by atomic mass is 9.90. The second-order valence-corrected chi connectivity index (χ2v) is 4.06. The second-order valence-electron chi connectivity index (χ2n) is 4.06. The zero-order chi connectivity index (χ0) is 11.3. The van der Waals surface area contributed by atoms with Gasteiger partial charge in [0.2, 0.25) is 0 Å². The number of rotatable bonds is 5. The zero-order valence-electron chi connectivity index (χ0n) is 9.53. The summed E-state index contributed by atoms with van der Waals surface area (Å²) in [5, 5.41) is 18.8. The van der Waals surface area contributed by atoms with Crippen LogP contribution in [0, 0.1) is 0 Å². The smallest absolute Gasteiger partial charge is 0.119 e. The van der Waals surface area contributed by atoms with E-state index in [4.69, 9.17) is 0 Å². The number of phenolic OH excluding ortho intramolecular Hbond substituents is 2. The Morgan fingerprint density at radius 2 is 1.40 bits per heavy atom. The molecule has 0 unspecified atom stereocenters. The molecule has 0 aliphatic heterocycles. The van der Waals surface area contributed by atoms with Gasteiger partial charge in [-0.1, -0.05) is 26.7 Å². The Kier molecular flexibility index (Phi) is 4.47. The minimum atomic E-state index is 0.155. The minimum absolute atomic E-state index is 0.155. The maximum absolute atomic E-state index is 9.42. The lowest BCUT2D eigenvalue weighted by Crippen LogP contribution is -1.98. The number of hydrogen-bond acceptors (Lipinski definition) is 2. The van der Waals surface area contributed by atoms with E-state index in [0.29, 0.717) is 5.92 Å². The molecule has 1 rings (SSSR count). The Morgan fingerprint density at radius 3 is 1.80 bits per heavy atom. The SMILES string of the molecule is CCCC(CCC)c1cc(O)cc(O)c1. The van der Waals surface area contributed by atoms with Crippen LogP contribution in [0.5, 0.6) is 11.5 Å². The van der Waals surface area contributed by atoms with Gasteiger partial charge in [0.1, 0.15) is 11.5 Å². The van der Waals surface area contributed by atoms with Crippen LogP contribution in [-0.4, -0.2) is 10.2 Å². The molecule has 0 spiro atoms. The van der Waals surface area contributed by atoms with Gasteiger partial charge in [-0.05, 0) is 36.5 Å². The van der Waals surface area contributed by atoms with Crippen LogP contribution in [0.15, 0.2) is 18.2 Å². The molecule has 0 aromatic heterocycles. The summed E-state index contributed by atoms with van der Waals surface area (Å²) in [5.41, 5.74) is 1.05. The van der Waals surface area contributed by atoms with E-state index in [0.717, 1.165) is 31.2 Å². The van der Waals surface area contributed by atoms with Crippen molar-refractivity contribution in [1.29, 1.82) is 0 Å². The van der Waals surface area contributed by atoms with E-state index in [9.17, 15) is 10.2 Å². The normalized spacial score (nSPS) is 10.9. The summed E-state index contributed by atoms with van der Waals surface area (Å²) in [6, 6.07) is 4.89. The van der Waals surface area contributed by atoms with E-state index in [1.807, 2.05) is 0 Å². The predicted molar refractivity (Wildman–Crippen MR) is 62.3 cm³/mol. The number of hydrogen-bond donors (Lipinski definition) is 2. The van der Waals surface area contributed by atoms with Crippen molar-refractivity contribution in [2.45, 2.75) is 45.4 Å². The molecule has 84 valence electrons. The maximum atomic E-state index is 9.42. The first-order chi connectivity index (χ1) is 7.17. The maximum Gasteiger partial charge on any atom is 0.119 e. The second kappa shape index (κ2) is 5.64. The van der Waals surface area contributed by atoms with Crippen molar-refractivity contribution in [1.82, 2.24) is 0 Å². The van der Waals surface area contributed by atoms with Crippen LogP contribution in [0.1, 0.15) is 51.0 Å². The van der Waals surface area contributed by atoms with E-state index >= 15 is 0 Å². The summed E-state index contributed by atoms with van der Waals surface area (Å²) >= 11 is 0. The molecule has 0 saturated carbocycles. The Hall–Kier alpha value is -1.18. The lowest BCUT2D eigenvalue weighted by molar-refractivity contribution is 0.445. The van der Waals surface area contributed by atoms with E-state index in [1.165, 1.54) is 6.07 Å². The fraction of sp³-hybridized carbons (Fsp3) is 0.538. The molecule has 0 atom stereocenters. The number of phenols is 2. The van der Waals surface area contributed by atoms with Gasteiger partial charge >= 0.3 is 0 Å². The first-order valence-electron chi connectivity index (χ1n) is 5.70. The summed E-state index contributed by atoms with van der Waals surface area (Å²) in [4.78, 5) is 0. The fourth-order valence-electron chi connectivity index (χ4n) is 2.03. The third kappa shape index (κ3) is 3.46. The molecule has 2 N–H and O–H groups in total. The molecular formula is C13H20O2. The van der Waals surface area contributed by atoms with Crippen LogP contribution in [0.4, 0.5) is 0 Å². The standard InChI is InChI=1S/C13H20O2/c1-3-5-10(6-4-2)11-7-12(14)9-13(15)8-11/h7-10,14-15H,3-6H2,1-2H3. The summed E-state index contributed by atoms with van der Waals surface area (Å²) in [6.07, 6.45) is 4.47. The van der Waals surface area contributed by atoms with Gasteiger partial charge in [-0.25, -0.2) is 0 Å². The molecule has 2 nitrogen and oxygen atoms in total. The van der Waals surface area contributed by atoms with Crippen molar-refractivity contribution in [3.8, 4) is 11.5 Å². The van der Waals surface area contributed by atoms with E-state index in [2.05, 4.69) is 13.8 Å². The van der Waals surface area contributed by atoms with Crippen LogP contribution in [0.25, 0.3) is 0 Å². The number of benzene rings is 1. The van der Waals surface area contributed by atoms with Crippen LogP contribution in [0.3, 0.4) is 0 Å². The largest absolute Gasteiger partial charge is 0.508 e. The highest BCUT2D eigenvalue weighted by Crippen LogP contribution is 2.31. The van der Waals surface area contributed by atoms with Crippen molar-refractivity contribution in [3.05, 3.63) is 23.8 Å². The van der Waals surface area contributed by atoms with Gasteiger partial charge in [-0.2, -0.15) is 0 Å².